The van der Waals surface area contributed by atoms with Crippen LogP contribution in [0.3, 0.4) is 0 Å². The van der Waals surface area contributed by atoms with Gasteiger partial charge in [-0.2, -0.15) is 0 Å². The first-order valence-electron chi connectivity index (χ1n) is 2.43. The molecule has 2 N–H and O–H groups in total. The third kappa shape index (κ3) is 9.02. The molecule has 3 nitrogen and oxygen atoms in total. The number of nitrogens with one attached hydrogen (secondary N) is 1. The molecule has 0 aliphatic carbocycles. The number of rotatable bonds is 4. The molecule has 0 aliphatic rings. The van der Waals surface area contributed by atoms with E-state index in [2.05, 4.69) is 0 Å². The van der Waals surface area contributed by atoms with Gasteiger partial charge in [0.15, 0.2) is 0 Å². The quantitative estimate of drug-likeness (QED) is 0.296. The van der Waals surface area contributed by atoms with Gasteiger partial charge in [-0.05, 0) is 6.42 Å². The molecule has 5 heteroatoms. The molecule has 1 unspecified atom stereocenters. The van der Waals surface area contributed by atoms with E-state index in [4.69, 9.17) is 14.8 Å². The second kappa shape index (κ2) is 9.02. The van der Waals surface area contributed by atoms with Crippen molar-refractivity contribution in [1.82, 2.24) is 0 Å². The van der Waals surface area contributed by atoms with Gasteiger partial charge in [0.1, 0.15) is 0 Å². The smallest absolute Gasteiger partial charge is 1.00 e. The van der Waals surface area contributed by atoms with Gasteiger partial charge >= 0.3 is 29.6 Å². The van der Waals surface area contributed by atoms with Crippen LogP contribution in [0.1, 0.15) is 14.8 Å². The minimum absolute atomic E-state index is 0. The fraction of sp³-hybridized carbons (Fsp3) is 0.750. The van der Waals surface area contributed by atoms with Gasteiger partial charge in [-0.25, -0.2) is 0 Å². The minimum Gasteiger partial charge on any atom is -1.00 e. The molecule has 0 aliphatic heterocycles. The molecule has 0 amide bonds. The summed E-state index contributed by atoms with van der Waals surface area (Å²) in [6.45, 7) is 2.49. The Kier molecular flexibility index (Phi) is 12.7. The third-order valence-corrected chi connectivity index (χ3v) is 1.21. The summed E-state index contributed by atoms with van der Waals surface area (Å²) >= 11 is 0. The Bertz CT molecular complexity index is 78.3. The fourth-order valence-corrected chi connectivity index (χ4v) is 0.666. The van der Waals surface area contributed by atoms with Gasteiger partial charge in [0.05, 0.1) is 12.6 Å². The second-order valence-electron chi connectivity index (χ2n) is 1.26. The first kappa shape index (κ1) is 12.7. The summed E-state index contributed by atoms with van der Waals surface area (Å²) in [6.07, 6.45) is 0.882. The van der Waals surface area contributed by atoms with Crippen molar-refractivity contribution in [3.05, 3.63) is 0 Å². The Morgan fingerprint density at radius 3 is 2.78 bits per heavy atom. The topological polar surface area (TPSA) is 53.3 Å². The van der Waals surface area contributed by atoms with Crippen LogP contribution >= 0.6 is 8.38 Å². The van der Waals surface area contributed by atoms with E-state index in [0.29, 0.717) is 6.61 Å². The van der Waals surface area contributed by atoms with E-state index in [9.17, 15) is 0 Å². The molecule has 0 heterocycles. The van der Waals surface area contributed by atoms with Crippen molar-refractivity contribution >= 4 is 14.3 Å². The summed E-state index contributed by atoms with van der Waals surface area (Å²) in [5.74, 6) is 0.922. The maximum atomic E-state index is 8.59. The average molecular weight is 159 g/mol. The normalized spacial score (nSPS) is 11.8. The van der Waals surface area contributed by atoms with E-state index in [1.165, 1.54) is 0 Å². The molecule has 0 saturated carbocycles. The molecule has 0 spiro atoms. The van der Waals surface area contributed by atoms with Crippen molar-refractivity contribution in [3.8, 4) is 0 Å². The van der Waals surface area contributed by atoms with Gasteiger partial charge in [0, 0.05) is 0 Å². The predicted octanol–water partition coefficient (Wildman–Crippen LogP) is -1.56. The number of hydrogen-bond acceptors (Lipinski definition) is 3. The third-order valence-electron chi connectivity index (χ3n) is 0.538. The SMILES string of the molecule is CCCOP(O)C=N.[H-].[Na+]. The van der Waals surface area contributed by atoms with Crippen molar-refractivity contribution in [3.63, 3.8) is 0 Å². The van der Waals surface area contributed by atoms with Gasteiger partial charge in [0.25, 0.3) is 0 Å². The van der Waals surface area contributed by atoms with Crippen LogP contribution < -0.4 is 29.6 Å². The zero-order valence-electron chi connectivity index (χ0n) is 6.79. The average Bonchev–Trinajstić information content (AvgIpc) is 1.83. The zero-order chi connectivity index (χ0) is 6.41. The summed E-state index contributed by atoms with van der Waals surface area (Å²) in [5, 5.41) is 6.52. The Balaban J connectivity index is -0.000000245. The van der Waals surface area contributed by atoms with Gasteiger partial charge in [-0.1, -0.05) is 6.92 Å². The van der Waals surface area contributed by atoms with E-state index >= 15 is 0 Å². The summed E-state index contributed by atoms with van der Waals surface area (Å²) in [5.41, 5.74) is 0. The Labute approximate surface area is 80.0 Å². The van der Waals surface area contributed by atoms with Crippen LogP contribution in [-0.4, -0.2) is 17.5 Å². The van der Waals surface area contributed by atoms with Crippen molar-refractivity contribution in [2.24, 2.45) is 0 Å². The Morgan fingerprint density at radius 2 is 2.44 bits per heavy atom. The van der Waals surface area contributed by atoms with Crippen LogP contribution in [0.5, 0.6) is 0 Å². The molecular formula is C4H11NNaO2P. The first-order valence-corrected chi connectivity index (χ1v) is 3.71. The van der Waals surface area contributed by atoms with Crippen LogP contribution in [0.4, 0.5) is 0 Å². The van der Waals surface area contributed by atoms with Crippen molar-refractivity contribution in [1.29, 1.82) is 5.41 Å². The van der Waals surface area contributed by atoms with Crippen molar-refractivity contribution in [2.45, 2.75) is 13.3 Å². The maximum Gasteiger partial charge on any atom is 1.00 e. The van der Waals surface area contributed by atoms with E-state index < -0.39 is 8.38 Å². The van der Waals surface area contributed by atoms with Gasteiger partial charge in [-0.3, -0.25) is 0 Å². The van der Waals surface area contributed by atoms with Crippen LogP contribution in [0.15, 0.2) is 0 Å². The van der Waals surface area contributed by atoms with Gasteiger partial charge in [-0.15, -0.1) is 0 Å². The Hall–Kier alpha value is 1.02. The summed E-state index contributed by atoms with van der Waals surface area (Å²) < 4.78 is 4.72. The first-order chi connectivity index (χ1) is 3.81. The van der Waals surface area contributed by atoms with Gasteiger partial charge < -0.3 is 16.3 Å². The molecule has 0 radical (unpaired) electrons. The fourth-order valence-electron chi connectivity index (χ4n) is 0.222. The standard InChI is InChI=1S/C4H10NO2P.Na.H/c1-2-3-7-8(6)4-5;;/h4-6H,2-3H2,1H3;;/q;+1;-1. The molecule has 0 fully saturated rings. The van der Waals surface area contributed by atoms with Crippen molar-refractivity contribution in [2.75, 3.05) is 6.61 Å². The molecule has 0 bridgehead atoms. The molecular weight excluding hydrogens is 148 g/mol. The minimum atomic E-state index is -1.54. The molecule has 0 rings (SSSR count). The monoisotopic (exact) mass is 159 g/mol. The zero-order valence-corrected chi connectivity index (χ0v) is 8.69. The molecule has 9 heavy (non-hydrogen) atoms. The van der Waals surface area contributed by atoms with Crippen LogP contribution in [0.2, 0.25) is 0 Å². The second-order valence-corrected chi connectivity index (χ2v) is 2.39. The Morgan fingerprint density at radius 1 is 1.89 bits per heavy atom. The van der Waals surface area contributed by atoms with Crippen LogP contribution in [0.25, 0.3) is 0 Å². The summed E-state index contributed by atoms with van der Waals surface area (Å²) in [4.78, 5) is 8.59. The molecule has 0 saturated heterocycles. The van der Waals surface area contributed by atoms with Crippen molar-refractivity contribution < 1.29 is 40.4 Å². The van der Waals surface area contributed by atoms with E-state index in [-0.39, 0.29) is 31.0 Å². The maximum absolute atomic E-state index is 8.59. The molecule has 0 aromatic carbocycles. The molecule has 0 aromatic rings. The molecule has 50 valence electrons. The predicted molar refractivity (Wildman–Crippen MR) is 35.3 cm³/mol. The van der Waals surface area contributed by atoms with E-state index in [1.54, 1.807) is 0 Å². The van der Waals surface area contributed by atoms with E-state index in [0.717, 1.165) is 12.4 Å². The van der Waals surface area contributed by atoms with Crippen LogP contribution in [0, 0.1) is 5.41 Å². The molecule has 0 aromatic heterocycles. The van der Waals surface area contributed by atoms with Crippen LogP contribution in [-0.2, 0) is 4.52 Å². The summed E-state index contributed by atoms with van der Waals surface area (Å²) in [6, 6.07) is 0. The summed E-state index contributed by atoms with van der Waals surface area (Å²) in [7, 11) is -1.54. The van der Waals surface area contributed by atoms with E-state index in [1.807, 2.05) is 6.92 Å². The molecule has 1 atom stereocenters. The number of hydrogen-bond donors (Lipinski definition) is 2. The van der Waals surface area contributed by atoms with Gasteiger partial charge in [0.2, 0.25) is 8.38 Å². The largest absolute Gasteiger partial charge is 1.00 e.